The number of benzene rings is 1. The topological polar surface area (TPSA) is 54.0 Å². The maximum Gasteiger partial charge on any atom is 0.394 e. The van der Waals surface area contributed by atoms with Gasteiger partial charge in [-0.1, -0.05) is 30.3 Å². The summed E-state index contributed by atoms with van der Waals surface area (Å²) in [6.45, 7) is 3.96. The fourth-order valence-electron chi connectivity index (χ4n) is 1.90. The van der Waals surface area contributed by atoms with Gasteiger partial charge < -0.3 is 18.5 Å². The van der Waals surface area contributed by atoms with E-state index in [4.69, 9.17) is 18.5 Å². The first-order chi connectivity index (χ1) is 9.10. The molecule has 6 heteroatoms. The molecule has 0 atom stereocenters. The number of hydrogen-bond acceptors (Lipinski definition) is 5. The van der Waals surface area contributed by atoms with Crippen molar-refractivity contribution in [3.05, 3.63) is 35.9 Å². The second-order valence-corrected chi connectivity index (χ2v) is 5.79. The Morgan fingerprint density at radius 3 is 1.84 bits per heavy atom. The summed E-state index contributed by atoms with van der Waals surface area (Å²) in [5.74, 6) is 0. The van der Waals surface area contributed by atoms with Gasteiger partial charge in [-0.15, -0.1) is 0 Å². The highest BCUT2D eigenvalue weighted by molar-refractivity contribution is 7.54. The van der Waals surface area contributed by atoms with Gasteiger partial charge in [0.25, 0.3) is 5.53 Å². The molecule has 0 saturated carbocycles. The summed E-state index contributed by atoms with van der Waals surface area (Å²) < 4.78 is 34.5. The van der Waals surface area contributed by atoms with E-state index in [1.807, 2.05) is 18.2 Å². The van der Waals surface area contributed by atoms with E-state index in [-0.39, 0.29) is 13.2 Å². The van der Waals surface area contributed by atoms with Crippen molar-refractivity contribution in [2.45, 2.75) is 19.4 Å². The first-order valence-corrected chi connectivity index (χ1v) is 7.69. The highest BCUT2D eigenvalue weighted by atomic mass is 31.2. The molecule has 0 amide bonds. The number of ether oxygens (including phenoxy) is 2. The van der Waals surface area contributed by atoms with Crippen LogP contribution in [-0.2, 0) is 28.6 Å². The molecule has 5 nitrogen and oxygen atoms in total. The molecular weight excluding hydrogens is 267 g/mol. The van der Waals surface area contributed by atoms with Crippen molar-refractivity contribution in [3.8, 4) is 0 Å². The predicted molar refractivity (Wildman–Crippen MR) is 73.0 cm³/mol. The summed E-state index contributed by atoms with van der Waals surface area (Å²) >= 11 is 0. The monoisotopic (exact) mass is 288 g/mol. The Balaban J connectivity index is 3.35. The zero-order valence-electron chi connectivity index (χ0n) is 11.8. The van der Waals surface area contributed by atoms with E-state index in [1.165, 1.54) is 14.2 Å². The second-order valence-electron chi connectivity index (χ2n) is 3.69. The fourth-order valence-corrected chi connectivity index (χ4v) is 3.90. The third-order valence-electron chi connectivity index (χ3n) is 2.65. The molecule has 0 aliphatic rings. The van der Waals surface area contributed by atoms with Gasteiger partial charge in [-0.25, -0.2) is 0 Å². The first-order valence-electron chi connectivity index (χ1n) is 6.15. The second kappa shape index (κ2) is 7.17. The van der Waals surface area contributed by atoms with E-state index in [1.54, 1.807) is 26.0 Å². The van der Waals surface area contributed by atoms with Gasteiger partial charge in [-0.3, -0.25) is 4.57 Å². The molecule has 1 aromatic rings. The van der Waals surface area contributed by atoms with E-state index >= 15 is 0 Å². The van der Waals surface area contributed by atoms with Crippen LogP contribution in [0, 0.1) is 0 Å². The lowest BCUT2D eigenvalue weighted by Crippen LogP contribution is -2.32. The minimum Gasteiger partial charge on any atom is -0.340 e. The Morgan fingerprint density at radius 2 is 1.47 bits per heavy atom. The van der Waals surface area contributed by atoms with Crippen LogP contribution in [0.2, 0.25) is 0 Å². The summed E-state index contributed by atoms with van der Waals surface area (Å²) in [4.78, 5) is 0. The van der Waals surface area contributed by atoms with Crippen LogP contribution in [0.3, 0.4) is 0 Å². The Kier molecular flexibility index (Phi) is 6.17. The smallest absolute Gasteiger partial charge is 0.340 e. The minimum absolute atomic E-state index is 0.235. The molecule has 0 aliphatic carbocycles. The minimum atomic E-state index is -3.63. The zero-order chi connectivity index (χ0) is 14.4. The number of methoxy groups -OCH3 is 2. The maximum absolute atomic E-state index is 13.0. The Morgan fingerprint density at radius 1 is 1.00 bits per heavy atom. The summed E-state index contributed by atoms with van der Waals surface area (Å²) in [7, 11) is -0.791. The molecule has 0 N–H and O–H groups in total. The molecule has 0 bridgehead atoms. The Hall–Kier alpha value is -0.710. The highest BCUT2D eigenvalue weighted by Gasteiger charge is 2.54. The zero-order valence-corrected chi connectivity index (χ0v) is 12.7. The van der Waals surface area contributed by atoms with Gasteiger partial charge in [0.05, 0.1) is 13.2 Å². The molecule has 0 fully saturated rings. The highest BCUT2D eigenvalue weighted by Crippen LogP contribution is 2.65. The molecule has 19 heavy (non-hydrogen) atoms. The standard InChI is InChI=1S/C13H21O5P/c1-5-17-19(14,18-6-2)13(15-3,16-4)12-10-8-7-9-11-12/h7-11H,5-6H2,1-4H3. The molecule has 0 heterocycles. The van der Waals surface area contributed by atoms with Crippen molar-refractivity contribution in [2.75, 3.05) is 27.4 Å². The lowest BCUT2D eigenvalue weighted by atomic mass is 10.2. The lowest BCUT2D eigenvalue weighted by Gasteiger charge is -2.36. The van der Waals surface area contributed by atoms with E-state index in [2.05, 4.69) is 0 Å². The number of hydrogen-bond donors (Lipinski definition) is 0. The van der Waals surface area contributed by atoms with E-state index in [9.17, 15) is 4.57 Å². The normalized spacial score (nSPS) is 12.6. The molecular formula is C13H21O5P. The SMILES string of the molecule is CCOP(=O)(OCC)C(OC)(OC)c1ccccc1. The van der Waals surface area contributed by atoms with Crippen LogP contribution >= 0.6 is 7.60 Å². The van der Waals surface area contributed by atoms with Crippen LogP contribution in [0.1, 0.15) is 19.4 Å². The van der Waals surface area contributed by atoms with Gasteiger partial charge in [0.1, 0.15) is 0 Å². The van der Waals surface area contributed by atoms with Crippen LogP contribution in [-0.4, -0.2) is 27.4 Å². The third-order valence-corrected chi connectivity index (χ3v) is 5.19. The summed E-state index contributed by atoms with van der Waals surface area (Å²) in [6, 6.07) is 9.00. The Bertz CT molecular complexity index is 406. The first kappa shape index (κ1) is 16.3. The predicted octanol–water partition coefficient (Wildman–Crippen LogP) is 3.36. The third kappa shape index (κ3) is 3.07. The Labute approximate surface area is 114 Å². The van der Waals surface area contributed by atoms with Crippen molar-refractivity contribution in [2.24, 2.45) is 0 Å². The molecule has 0 saturated heterocycles. The van der Waals surface area contributed by atoms with Gasteiger partial charge in [-0.05, 0) is 13.8 Å². The summed E-state index contributed by atoms with van der Waals surface area (Å²) in [5.41, 5.74) is -0.967. The van der Waals surface area contributed by atoms with Crippen LogP contribution in [0.15, 0.2) is 30.3 Å². The molecule has 0 spiro atoms. The lowest BCUT2D eigenvalue weighted by molar-refractivity contribution is -0.166. The van der Waals surface area contributed by atoms with E-state index in [0.29, 0.717) is 5.56 Å². The molecule has 1 aromatic carbocycles. The van der Waals surface area contributed by atoms with Crippen LogP contribution < -0.4 is 0 Å². The van der Waals surface area contributed by atoms with Crippen molar-refractivity contribution >= 4 is 7.60 Å². The van der Waals surface area contributed by atoms with Gasteiger partial charge in [0.2, 0.25) is 0 Å². The summed E-state index contributed by atoms with van der Waals surface area (Å²) in [6.07, 6.45) is 0. The fraction of sp³-hybridized carbons (Fsp3) is 0.538. The van der Waals surface area contributed by atoms with Gasteiger partial charge in [0.15, 0.2) is 0 Å². The van der Waals surface area contributed by atoms with Crippen molar-refractivity contribution < 1.29 is 23.1 Å². The van der Waals surface area contributed by atoms with Crippen molar-refractivity contribution in [1.29, 1.82) is 0 Å². The van der Waals surface area contributed by atoms with E-state index in [0.717, 1.165) is 0 Å². The van der Waals surface area contributed by atoms with Crippen molar-refractivity contribution in [3.63, 3.8) is 0 Å². The summed E-state index contributed by atoms with van der Waals surface area (Å²) in [5, 5.41) is 0. The van der Waals surface area contributed by atoms with Crippen LogP contribution in [0.5, 0.6) is 0 Å². The quantitative estimate of drug-likeness (QED) is 0.542. The largest absolute Gasteiger partial charge is 0.394 e. The average molecular weight is 288 g/mol. The van der Waals surface area contributed by atoms with E-state index < -0.39 is 13.1 Å². The molecule has 1 rings (SSSR count). The van der Waals surface area contributed by atoms with Gasteiger partial charge in [0, 0.05) is 19.8 Å². The number of rotatable bonds is 8. The maximum atomic E-state index is 13.0. The molecule has 0 aromatic heterocycles. The van der Waals surface area contributed by atoms with Crippen molar-refractivity contribution in [1.82, 2.24) is 0 Å². The average Bonchev–Trinajstić information content (AvgIpc) is 2.42. The molecule has 0 aliphatic heterocycles. The molecule has 0 unspecified atom stereocenters. The molecule has 108 valence electrons. The van der Waals surface area contributed by atoms with Gasteiger partial charge >= 0.3 is 7.60 Å². The van der Waals surface area contributed by atoms with Gasteiger partial charge in [-0.2, -0.15) is 0 Å². The van der Waals surface area contributed by atoms with Crippen LogP contribution in [0.4, 0.5) is 0 Å². The molecule has 0 radical (unpaired) electrons. The van der Waals surface area contributed by atoms with Crippen LogP contribution in [0.25, 0.3) is 0 Å².